The highest BCUT2D eigenvalue weighted by Gasteiger charge is 2.14. The molecule has 0 aliphatic carbocycles. The number of methoxy groups -OCH3 is 1. The van der Waals surface area contributed by atoms with E-state index in [1.807, 2.05) is 19.1 Å². The van der Waals surface area contributed by atoms with Gasteiger partial charge in [-0.3, -0.25) is 9.59 Å². The van der Waals surface area contributed by atoms with E-state index in [2.05, 4.69) is 4.74 Å². The zero-order chi connectivity index (χ0) is 11.3. The first-order valence-corrected chi connectivity index (χ1v) is 4.87. The van der Waals surface area contributed by atoms with Gasteiger partial charge in [-0.2, -0.15) is 0 Å². The Balaban J connectivity index is 2.86. The number of carbonyl (C=O) groups is 2. The molecule has 0 aliphatic heterocycles. The van der Waals surface area contributed by atoms with Gasteiger partial charge in [0.1, 0.15) is 6.42 Å². The molecule has 80 valence electrons. The highest BCUT2D eigenvalue weighted by atomic mass is 16.5. The molecule has 0 saturated heterocycles. The van der Waals surface area contributed by atoms with Gasteiger partial charge in [0.2, 0.25) is 0 Å². The fourth-order valence-electron chi connectivity index (χ4n) is 1.40. The Morgan fingerprint density at radius 2 is 1.93 bits per heavy atom. The van der Waals surface area contributed by atoms with Crippen molar-refractivity contribution in [2.45, 2.75) is 19.8 Å². The average Bonchev–Trinajstić information content (AvgIpc) is 2.28. The second-order valence-electron chi connectivity index (χ2n) is 3.19. The van der Waals surface area contributed by atoms with Crippen molar-refractivity contribution in [3.63, 3.8) is 0 Å². The van der Waals surface area contributed by atoms with Gasteiger partial charge in [-0.1, -0.05) is 31.2 Å². The molecule has 15 heavy (non-hydrogen) atoms. The second kappa shape index (κ2) is 5.29. The fraction of sp³-hybridized carbons (Fsp3) is 0.333. The number of hydrogen-bond acceptors (Lipinski definition) is 3. The molecule has 0 unspecified atom stereocenters. The molecule has 0 atom stereocenters. The predicted molar refractivity (Wildman–Crippen MR) is 56.8 cm³/mol. The third-order valence-corrected chi connectivity index (χ3v) is 2.23. The van der Waals surface area contributed by atoms with Crippen LogP contribution in [0.5, 0.6) is 0 Å². The van der Waals surface area contributed by atoms with Gasteiger partial charge in [-0.25, -0.2) is 0 Å². The fourth-order valence-corrected chi connectivity index (χ4v) is 1.40. The summed E-state index contributed by atoms with van der Waals surface area (Å²) in [6.07, 6.45) is 0.594. The lowest BCUT2D eigenvalue weighted by atomic mass is 10.00. The Morgan fingerprint density at radius 3 is 2.53 bits per heavy atom. The van der Waals surface area contributed by atoms with E-state index < -0.39 is 5.97 Å². The number of hydrogen-bond donors (Lipinski definition) is 0. The molecule has 3 nitrogen and oxygen atoms in total. The summed E-state index contributed by atoms with van der Waals surface area (Å²) in [5, 5.41) is 0. The Labute approximate surface area is 89.1 Å². The van der Waals surface area contributed by atoms with Crippen molar-refractivity contribution in [2.75, 3.05) is 7.11 Å². The van der Waals surface area contributed by atoms with Gasteiger partial charge in [-0.05, 0) is 12.0 Å². The summed E-state index contributed by atoms with van der Waals surface area (Å²) in [4.78, 5) is 22.6. The SMILES string of the molecule is CCc1ccccc1C(=O)CC(=O)OC. The largest absolute Gasteiger partial charge is 0.469 e. The van der Waals surface area contributed by atoms with E-state index >= 15 is 0 Å². The Morgan fingerprint density at radius 1 is 1.27 bits per heavy atom. The average molecular weight is 206 g/mol. The zero-order valence-corrected chi connectivity index (χ0v) is 8.95. The standard InChI is InChI=1S/C12H14O3/c1-3-9-6-4-5-7-10(9)11(13)8-12(14)15-2/h4-7H,3,8H2,1-2H3. The molecule has 0 amide bonds. The molecule has 0 saturated carbocycles. The highest BCUT2D eigenvalue weighted by Crippen LogP contribution is 2.12. The summed E-state index contributed by atoms with van der Waals surface area (Å²) in [6.45, 7) is 1.98. The van der Waals surface area contributed by atoms with Crippen molar-refractivity contribution in [2.24, 2.45) is 0 Å². The van der Waals surface area contributed by atoms with E-state index in [1.165, 1.54) is 7.11 Å². The topological polar surface area (TPSA) is 43.4 Å². The maximum atomic E-state index is 11.7. The molecule has 3 heteroatoms. The zero-order valence-electron chi connectivity index (χ0n) is 8.95. The van der Waals surface area contributed by atoms with E-state index in [0.717, 1.165) is 12.0 Å². The molecule has 1 aromatic rings. The first kappa shape index (κ1) is 11.4. The molecule has 1 aromatic carbocycles. The van der Waals surface area contributed by atoms with Crippen LogP contribution in [-0.4, -0.2) is 18.9 Å². The molecule has 0 N–H and O–H groups in total. The van der Waals surface area contributed by atoms with Crippen molar-refractivity contribution in [1.29, 1.82) is 0 Å². The van der Waals surface area contributed by atoms with Crippen molar-refractivity contribution >= 4 is 11.8 Å². The van der Waals surface area contributed by atoms with Crippen LogP contribution < -0.4 is 0 Å². The smallest absolute Gasteiger partial charge is 0.313 e. The van der Waals surface area contributed by atoms with Crippen LogP contribution in [0.3, 0.4) is 0 Å². The van der Waals surface area contributed by atoms with Crippen molar-refractivity contribution in [1.82, 2.24) is 0 Å². The lowest BCUT2D eigenvalue weighted by molar-refractivity contribution is -0.139. The van der Waals surface area contributed by atoms with Crippen LogP contribution in [0.1, 0.15) is 29.3 Å². The number of benzene rings is 1. The van der Waals surface area contributed by atoms with Crippen molar-refractivity contribution in [3.05, 3.63) is 35.4 Å². The Kier molecular flexibility index (Phi) is 4.03. The molecule has 0 aliphatic rings. The molecule has 0 aromatic heterocycles. The van der Waals surface area contributed by atoms with Crippen LogP contribution in [0.25, 0.3) is 0 Å². The molecular weight excluding hydrogens is 192 g/mol. The number of aryl methyl sites for hydroxylation is 1. The predicted octanol–water partition coefficient (Wildman–Crippen LogP) is 1.99. The van der Waals surface area contributed by atoms with E-state index in [4.69, 9.17) is 0 Å². The molecule has 0 heterocycles. The Hall–Kier alpha value is -1.64. The third-order valence-electron chi connectivity index (χ3n) is 2.23. The van der Waals surface area contributed by atoms with Crippen LogP contribution >= 0.6 is 0 Å². The number of rotatable bonds is 4. The molecule has 0 bridgehead atoms. The quantitative estimate of drug-likeness (QED) is 0.430. The van der Waals surface area contributed by atoms with E-state index in [9.17, 15) is 9.59 Å². The first-order chi connectivity index (χ1) is 7.19. The van der Waals surface area contributed by atoms with Crippen LogP contribution in [0.2, 0.25) is 0 Å². The molecule has 1 rings (SSSR count). The van der Waals surface area contributed by atoms with Gasteiger partial charge in [0.15, 0.2) is 5.78 Å². The number of Topliss-reactive ketones (excluding diaryl/α,β-unsaturated/α-hetero) is 1. The maximum absolute atomic E-state index is 11.7. The summed E-state index contributed by atoms with van der Waals surface area (Å²) in [7, 11) is 1.28. The third kappa shape index (κ3) is 2.91. The van der Waals surface area contributed by atoms with Crippen LogP contribution in [0.4, 0.5) is 0 Å². The second-order valence-corrected chi connectivity index (χ2v) is 3.19. The van der Waals surface area contributed by atoms with Gasteiger partial charge < -0.3 is 4.74 Å². The van der Waals surface area contributed by atoms with Gasteiger partial charge in [-0.15, -0.1) is 0 Å². The van der Waals surface area contributed by atoms with Crippen molar-refractivity contribution < 1.29 is 14.3 Å². The normalized spacial score (nSPS) is 9.73. The van der Waals surface area contributed by atoms with E-state index in [1.54, 1.807) is 12.1 Å². The van der Waals surface area contributed by atoms with Gasteiger partial charge >= 0.3 is 5.97 Å². The van der Waals surface area contributed by atoms with Crippen LogP contribution in [0.15, 0.2) is 24.3 Å². The molecule has 0 spiro atoms. The Bertz CT molecular complexity index is 369. The van der Waals surface area contributed by atoms with Gasteiger partial charge in [0.05, 0.1) is 7.11 Å². The molecule has 0 fully saturated rings. The molecular formula is C12H14O3. The van der Waals surface area contributed by atoms with E-state index in [-0.39, 0.29) is 12.2 Å². The molecule has 0 radical (unpaired) electrons. The number of ether oxygens (including phenoxy) is 1. The number of esters is 1. The lowest BCUT2D eigenvalue weighted by Crippen LogP contribution is -2.11. The van der Waals surface area contributed by atoms with Gasteiger partial charge in [0, 0.05) is 5.56 Å². The number of ketones is 1. The minimum Gasteiger partial charge on any atom is -0.469 e. The first-order valence-electron chi connectivity index (χ1n) is 4.87. The lowest BCUT2D eigenvalue weighted by Gasteiger charge is -2.05. The minimum atomic E-state index is -0.495. The van der Waals surface area contributed by atoms with Crippen LogP contribution in [0, 0.1) is 0 Å². The van der Waals surface area contributed by atoms with Gasteiger partial charge in [0.25, 0.3) is 0 Å². The number of carbonyl (C=O) groups excluding carboxylic acids is 2. The monoisotopic (exact) mass is 206 g/mol. The van der Waals surface area contributed by atoms with E-state index in [0.29, 0.717) is 5.56 Å². The summed E-state index contributed by atoms with van der Waals surface area (Å²) in [5.74, 6) is -0.676. The highest BCUT2D eigenvalue weighted by molar-refractivity contribution is 6.06. The summed E-state index contributed by atoms with van der Waals surface area (Å²) < 4.78 is 4.46. The summed E-state index contributed by atoms with van der Waals surface area (Å²) in [6, 6.07) is 7.31. The minimum absolute atomic E-state index is 0.181. The summed E-state index contributed by atoms with van der Waals surface area (Å²) >= 11 is 0. The van der Waals surface area contributed by atoms with Crippen molar-refractivity contribution in [3.8, 4) is 0 Å². The maximum Gasteiger partial charge on any atom is 0.313 e. The van der Waals surface area contributed by atoms with Crippen LogP contribution in [-0.2, 0) is 16.0 Å². The summed E-state index contributed by atoms with van der Waals surface area (Å²) in [5.41, 5.74) is 1.58.